The number of rotatable bonds is 4. The first-order valence-electron chi connectivity index (χ1n) is 6.70. The molecular formula is C13H18ClN3O3. The highest BCUT2D eigenvalue weighted by Gasteiger charge is 2.21. The molecule has 1 amide bonds. The number of hydrogen-bond donors (Lipinski definition) is 1. The molecule has 1 aliphatic rings. The van der Waals surface area contributed by atoms with Gasteiger partial charge in [0.25, 0.3) is 11.6 Å². The van der Waals surface area contributed by atoms with Gasteiger partial charge in [-0.2, -0.15) is 0 Å². The number of nitrogens with one attached hydrogen (secondary N) is 1. The number of aromatic nitrogens is 1. The van der Waals surface area contributed by atoms with Crippen molar-refractivity contribution in [2.45, 2.75) is 31.1 Å². The maximum atomic E-state index is 12.0. The monoisotopic (exact) mass is 299 g/mol. The Morgan fingerprint density at radius 1 is 1.50 bits per heavy atom. The summed E-state index contributed by atoms with van der Waals surface area (Å²) < 4.78 is 1.48. The minimum absolute atomic E-state index is 0.0692. The number of nitro groups is 1. The van der Waals surface area contributed by atoms with Gasteiger partial charge in [-0.25, -0.2) is 0 Å². The van der Waals surface area contributed by atoms with Crippen molar-refractivity contribution in [2.75, 3.05) is 6.54 Å². The highest BCUT2D eigenvalue weighted by Crippen LogP contribution is 2.27. The van der Waals surface area contributed by atoms with Crippen molar-refractivity contribution in [1.29, 1.82) is 0 Å². The maximum absolute atomic E-state index is 12.0. The normalized spacial score (nSPS) is 22.5. The van der Waals surface area contributed by atoms with E-state index in [1.54, 1.807) is 7.05 Å². The van der Waals surface area contributed by atoms with Gasteiger partial charge in [0, 0.05) is 25.0 Å². The minimum atomic E-state index is -0.501. The number of amides is 1. The predicted molar refractivity (Wildman–Crippen MR) is 76.0 cm³/mol. The minimum Gasteiger partial charge on any atom is -0.350 e. The standard InChI is InChI=1S/C13H18ClN3O3/c1-16-8-11(17(19)20)6-12(16)13(18)15-7-9-2-4-10(14)5-3-9/h6,8-10H,2-5,7H2,1H3,(H,15,18). The summed E-state index contributed by atoms with van der Waals surface area (Å²) in [7, 11) is 1.63. The van der Waals surface area contributed by atoms with Gasteiger partial charge < -0.3 is 9.88 Å². The highest BCUT2D eigenvalue weighted by atomic mass is 35.5. The highest BCUT2D eigenvalue weighted by molar-refractivity contribution is 6.20. The third kappa shape index (κ3) is 3.50. The second-order valence-electron chi connectivity index (χ2n) is 5.28. The topological polar surface area (TPSA) is 77.2 Å². The molecule has 1 fully saturated rings. The zero-order chi connectivity index (χ0) is 14.7. The van der Waals surface area contributed by atoms with Crippen LogP contribution in [-0.4, -0.2) is 27.3 Å². The van der Waals surface area contributed by atoms with E-state index in [9.17, 15) is 14.9 Å². The molecule has 0 atom stereocenters. The quantitative estimate of drug-likeness (QED) is 0.527. The van der Waals surface area contributed by atoms with E-state index >= 15 is 0 Å². The Kier molecular flexibility index (Phi) is 4.65. The summed E-state index contributed by atoms with van der Waals surface area (Å²) in [6.07, 6.45) is 5.34. The lowest BCUT2D eigenvalue weighted by Crippen LogP contribution is -2.32. The van der Waals surface area contributed by atoms with E-state index in [1.165, 1.54) is 16.8 Å². The number of carbonyl (C=O) groups excluding carboxylic acids is 1. The molecule has 1 N–H and O–H groups in total. The van der Waals surface area contributed by atoms with Crippen LogP contribution in [0.15, 0.2) is 12.3 Å². The first-order chi connectivity index (χ1) is 9.47. The molecule has 110 valence electrons. The second kappa shape index (κ2) is 6.26. The second-order valence-corrected chi connectivity index (χ2v) is 5.90. The molecular weight excluding hydrogens is 282 g/mol. The van der Waals surface area contributed by atoms with Crippen LogP contribution in [0.2, 0.25) is 0 Å². The molecule has 0 unspecified atom stereocenters. The van der Waals surface area contributed by atoms with Crippen LogP contribution in [0.1, 0.15) is 36.2 Å². The molecule has 0 aromatic carbocycles. The zero-order valence-electron chi connectivity index (χ0n) is 11.3. The number of halogens is 1. The molecule has 1 aromatic heterocycles. The summed E-state index contributed by atoms with van der Waals surface area (Å²) in [6.45, 7) is 0.599. The average molecular weight is 300 g/mol. The Labute approximate surface area is 122 Å². The smallest absolute Gasteiger partial charge is 0.287 e. The maximum Gasteiger partial charge on any atom is 0.287 e. The SMILES string of the molecule is Cn1cc([N+](=O)[O-])cc1C(=O)NCC1CCC(Cl)CC1. The largest absolute Gasteiger partial charge is 0.350 e. The van der Waals surface area contributed by atoms with Crippen molar-refractivity contribution in [2.24, 2.45) is 13.0 Å². The fraction of sp³-hybridized carbons (Fsp3) is 0.615. The van der Waals surface area contributed by atoms with Crippen LogP contribution < -0.4 is 5.32 Å². The van der Waals surface area contributed by atoms with Gasteiger partial charge in [0.2, 0.25) is 0 Å². The van der Waals surface area contributed by atoms with Crippen LogP contribution in [0.5, 0.6) is 0 Å². The molecule has 1 saturated carbocycles. The van der Waals surface area contributed by atoms with Gasteiger partial charge in [0.05, 0.1) is 11.1 Å². The number of alkyl halides is 1. The molecule has 1 heterocycles. The average Bonchev–Trinajstić information content (AvgIpc) is 2.80. The number of carbonyl (C=O) groups is 1. The van der Waals surface area contributed by atoms with E-state index in [0.29, 0.717) is 18.2 Å². The summed E-state index contributed by atoms with van der Waals surface area (Å²) >= 11 is 6.04. The van der Waals surface area contributed by atoms with Gasteiger partial charge in [-0.1, -0.05) is 0 Å². The van der Waals surface area contributed by atoms with Gasteiger partial charge in [-0.05, 0) is 31.6 Å². The van der Waals surface area contributed by atoms with Gasteiger partial charge in [0.1, 0.15) is 5.69 Å². The van der Waals surface area contributed by atoms with Crippen molar-refractivity contribution >= 4 is 23.2 Å². The first kappa shape index (κ1) is 14.8. The van der Waals surface area contributed by atoms with Crippen LogP contribution >= 0.6 is 11.6 Å². The fourth-order valence-electron chi connectivity index (χ4n) is 2.53. The molecule has 7 heteroatoms. The molecule has 6 nitrogen and oxygen atoms in total. The molecule has 0 radical (unpaired) electrons. The number of nitrogens with zero attached hydrogens (tertiary/aromatic N) is 2. The summed E-state index contributed by atoms with van der Waals surface area (Å²) in [5.41, 5.74) is 0.239. The molecule has 1 aliphatic carbocycles. The van der Waals surface area contributed by atoms with Gasteiger partial charge in [-0.15, -0.1) is 11.6 Å². The van der Waals surface area contributed by atoms with Crippen LogP contribution in [0.25, 0.3) is 0 Å². The predicted octanol–water partition coefficient (Wildman–Crippen LogP) is 2.46. The van der Waals surface area contributed by atoms with E-state index in [2.05, 4.69) is 5.32 Å². The summed E-state index contributed by atoms with van der Waals surface area (Å²) in [5.74, 6) is 0.179. The van der Waals surface area contributed by atoms with Crippen molar-refractivity contribution in [3.05, 3.63) is 28.1 Å². The van der Waals surface area contributed by atoms with Crippen molar-refractivity contribution in [3.8, 4) is 0 Å². The molecule has 0 spiro atoms. The Hall–Kier alpha value is -1.56. The third-order valence-electron chi connectivity index (χ3n) is 3.76. The van der Waals surface area contributed by atoms with Crippen LogP contribution in [0.3, 0.4) is 0 Å². The van der Waals surface area contributed by atoms with Gasteiger partial charge >= 0.3 is 0 Å². The summed E-state index contributed by atoms with van der Waals surface area (Å²) in [6, 6.07) is 1.30. The lowest BCUT2D eigenvalue weighted by molar-refractivity contribution is -0.384. The van der Waals surface area contributed by atoms with E-state index in [0.717, 1.165) is 25.7 Å². The van der Waals surface area contributed by atoms with Gasteiger partial charge in [0.15, 0.2) is 0 Å². The number of hydrogen-bond acceptors (Lipinski definition) is 3. The summed E-state index contributed by atoms with van der Waals surface area (Å²) in [4.78, 5) is 22.2. The Morgan fingerprint density at radius 2 is 2.15 bits per heavy atom. The van der Waals surface area contributed by atoms with Gasteiger partial charge in [-0.3, -0.25) is 14.9 Å². The Balaban J connectivity index is 1.90. The molecule has 0 aliphatic heterocycles. The Morgan fingerprint density at radius 3 is 2.70 bits per heavy atom. The van der Waals surface area contributed by atoms with E-state index in [4.69, 9.17) is 11.6 Å². The van der Waals surface area contributed by atoms with E-state index < -0.39 is 4.92 Å². The molecule has 20 heavy (non-hydrogen) atoms. The first-order valence-corrected chi connectivity index (χ1v) is 7.14. The van der Waals surface area contributed by atoms with E-state index in [1.807, 2.05) is 0 Å². The third-order valence-corrected chi connectivity index (χ3v) is 4.20. The lowest BCUT2D eigenvalue weighted by Gasteiger charge is -2.25. The van der Waals surface area contributed by atoms with Crippen molar-refractivity contribution in [3.63, 3.8) is 0 Å². The van der Waals surface area contributed by atoms with Crippen LogP contribution in [0, 0.1) is 16.0 Å². The fourth-order valence-corrected chi connectivity index (χ4v) is 2.78. The number of aryl methyl sites for hydroxylation is 1. The molecule has 2 rings (SSSR count). The summed E-state index contributed by atoms with van der Waals surface area (Å²) in [5, 5.41) is 13.8. The van der Waals surface area contributed by atoms with Crippen molar-refractivity contribution < 1.29 is 9.72 Å². The van der Waals surface area contributed by atoms with Crippen LogP contribution in [-0.2, 0) is 7.05 Å². The molecule has 0 saturated heterocycles. The van der Waals surface area contributed by atoms with Crippen molar-refractivity contribution in [1.82, 2.24) is 9.88 Å². The van der Waals surface area contributed by atoms with E-state index in [-0.39, 0.29) is 17.0 Å². The molecule has 0 bridgehead atoms. The Bertz CT molecular complexity index is 507. The zero-order valence-corrected chi connectivity index (χ0v) is 12.1. The van der Waals surface area contributed by atoms with Crippen LogP contribution in [0.4, 0.5) is 5.69 Å². The lowest BCUT2D eigenvalue weighted by atomic mass is 9.89. The molecule has 1 aromatic rings.